The summed E-state index contributed by atoms with van der Waals surface area (Å²) in [5.41, 5.74) is 1.27. The van der Waals surface area contributed by atoms with Gasteiger partial charge in [-0.1, -0.05) is 48.2 Å². The van der Waals surface area contributed by atoms with Gasteiger partial charge in [0.25, 0.3) is 0 Å². The Kier molecular flexibility index (Phi) is 7.05. The Morgan fingerprint density at radius 2 is 2.05 bits per heavy atom. The summed E-state index contributed by atoms with van der Waals surface area (Å²) in [7, 11) is 0. The Balaban J connectivity index is 2.00. The van der Waals surface area contributed by atoms with Gasteiger partial charge in [-0.05, 0) is 50.8 Å². The second kappa shape index (κ2) is 8.79. The second-order valence-corrected chi connectivity index (χ2v) is 7.09. The van der Waals surface area contributed by atoms with Crippen LogP contribution in [0.4, 0.5) is 0 Å². The molecule has 21 heavy (non-hydrogen) atoms. The molecule has 1 aromatic carbocycles. The molecule has 2 nitrogen and oxygen atoms in total. The Morgan fingerprint density at radius 1 is 1.29 bits per heavy atom. The van der Waals surface area contributed by atoms with E-state index in [1.807, 2.05) is 0 Å². The van der Waals surface area contributed by atoms with Crippen molar-refractivity contribution >= 4 is 15.9 Å². The highest BCUT2D eigenvalue weighted by atomic mass is 79.9. The van der Waals surface area contributed by atoms with Gasteiger partial charge in [0.1, 0.15) is 5.75 Å². The standard InChI is InChI=1S/C18H28BrNO/c1-3-11-20-14(2)17-10-9-16(19)12-18(17)21-13-15-7-5-4-6-8-15/h9-10,12,14-15,20H,3-8,11,13H2,1-2H3. The minimum Gasteiger partial charge on any atom is -0.493 e. The number of nitrogens with one attached hydrogen (secondary N) is 1. The summed E-state index contributed by atoms with van der Waals surface area (Å²) in [5.74, 6) is 1.77. The van der Waals surface area contributed by atoms with Crippen molar-refractivity contribution < 1.29 is 4.74 Å². The number of ether oxygens (including phenoxy) is 1. The molecule has 0 aliphatic heterocycles. The monoisotopic (exact) mass is 353 g/mol. The van der Waals surface area contributed by atoms with E-state index < -0.39 is 0 Å². The van der Waals surface area contributed by atoms with Crippen LogP contribution in [0.25, 0.3) is 0 Å². The third-order valence-electron chi connectivity index (χ3n) is 4.34. The van der Waals surface area contributed by atoms with E-state index in [1.165, 1.54) is 37.7 Å². The van der Waals surface area contributed by atoms with Crippen LogP contribution in [-0.2, 0) is 0 Å². The molecule has 0 heterocycles. The van der Waals surface area contributed by atoms with Crippen molar-refractivity contribution in [2.45, 2.75) is 58.4 Å². The summed E-state index contributed by atoms with van der Waals surface area (Å²) in [6.07, 6.45) is 7.94. The summed E-state index contributed by atoms with van der Waals surface area (Å²) in [6.45, 7) is 6.32. The maximum absolute atomic E-state index is 6.19. The predicted octanol–water partition coefficient (Wildman–Crippen LogP) is 5.47. The lowest BCUT2D eigenvalue weighted by atomic mass is 9.90. The molecule has 1 N–H and O–H groups in total. The highest BCUT2D eigenvalue weighted by Crippen LogP contribution is 2.31. The lowest BCUT2D eigenvalue weighted by Gasteiger charge is -2.24. The molecule has 0 spiro atoms. The molecule has 0 amide bonds. The first-order valence-corrected chi connectivity index (χ1v) is 9.15. The average molecular weight is 354 g/mol. The van der Waals surface area contributed by atoms with E-state index >= 15 is 0 Å². The third kappa shape index (κ3) is 5.30. The molecule has 2 rings (SSSR count). The molecular weight excluding hydrogens is 326 g/mol. The van der Waals surface area contributed by atoms with Crippen LogP contribution in [0.1, 0.15) is 64.0 Å². The van der Waals surface area contributed by atoms with Gasteiger partial charge in [0.05, 0.1) is 6.61 Å². The summed E-state index contributed by atoms with van der Waals surface area (Å²) in [4.78, 5) is 0. The summed E-state index contributed by atoms with van der Waals surface area (Å²) in [6, 6.07) is 6.72. The minimum absolute atomic E-state index is 0.333. The van der Waals surface area contributed by atoms with Crippen LogP contribution in [0.15, 0.2) is 22.7 Å². The molecule has 0 saturated heterocycles. The summed E-state index contributed by atoms with van der Waals surface area (Å²) in [5, 5.41) is 3.55. The topological polar surface area (TPSA) is 21.3 Å². The molecular formula is C18H28BrNO. The van der Waals surface area contributed by atoms with E-state index in [2.05, 4.69) is 53.3 Å². The molecule has 1 fully saturated rings. The molecule has 1 aromatic rings. The normalized spacial score (nSPS) is 17.7. The Labute approximate surface area is 137 Å². The smallest absolute Gasteiger partial charge is 0.125 e. The lowest BCUT2D eigenvalue weighted by Crippen LogP contribution is -2.21. The first-order chi connectivity index (χ1) is 10.2. The van der Waals surface area contributed by atoms with E-state index in [4.69, 9.17) is 4.74 Å². The summed E-state index contributed by atoms with van der Waals surface area (Å²) >= 11 is 3.56. The molecule has 1 saturated carbocycles. The van der Waals surface area contributed by atoms with Crippen LogP contribution in [-0.4, -0.2) is 13.2 Å². The van der Waals surface area contributed by atoms with E-state index in [0.29, 0.717) is 6.04 Å². The highest BCUT2D eigenvalue weighted by molar-refractivity contribution is 9.10. The van der Waals surface area contributed by atoms with E-state index in [9.17, 15) is 0 Å². The van der Waals surface area contributed by atoms with Crippen LogP contribution >= 0.6 is 15.9 Å². The average Bonchev–Trinajstić information content (AvgIpc) is 2.51. The van der Waals surface area contributed by atoms with Gasteiger partial charge >= 0.3 is 0 Å². The molecule has 0 bridgehead atoms. The van der Waals surface area contributed by atoms with Gasteiger partial charge in [-0.15, -0.1) is 0 Å². The van der Waals surface area contributed by atoms with Gasteiger partial charge < -0.3 is 10.1 Å². The maximum Gasteiger partial charge on any atom is 0.125 e. The van der Waals surface area contributed by atoms with Gasteiger partial charge in [0, 0.05) is 16.1 Å². The van der Waals surface area contributed by atoms with E-state index in [-0.39, 0.29) is 0 Å². The number of benzene rings is 1. The van der Waals surface area contributed by atoms with Crippen molar-refractivity contribution in [1.29, 1.82) is 0 Å². The molecule has 1 atom stereocenters. The molecule has 1 unspecified atom stereocenters. The predicted molar refractivity (Wildman–Crippen MR) is 92.9 cm³/mol. The Morgan fingerprint density at radius 3 is 2.76 bits per heavy atom. The van der Waals surface area contributed by atoms with Crippen LogP contribution in [0.2, 0.25) is 0 Å². The quantitative estimate of drug-likeness (QED) is 0.701. The molecule has 118 valence electrons. The Hall–Kier alpha value is -0.540. The van der Waals surface area contributed by atoms with Crippen molar-refractivity contribution in [2.75, 3.05) is 13.2 Å². The SMILES string of the molecule is CCCNC(C)c1ccc(Br)cc1OCC1CCCCC1. The largest absolute Gasteiger partial charge is 0.493 e. The highest BCUT2D eigenvalue weighted by Gasteiger charge is 2.16. The van der Waals surface area contributed by atoms with Gasteiger partial charge in [-0.2, -0.15) is 0 Å². The van der Waals surface area contributed by atoms with Crippen LogP contribution < -0.4 is 10.1 Å². The summed E-state index contributed by atoms with van der Waals surface area (Å²) < 4.78 is 7.28. The first-order valence-electron chi connectivity index (χ1n) is 8.36. The van der Waals surface area contributed by atoms with E-state index in [1.54, 1.807) is 0 Å². The second-order valence-electron chi connectivity index (χ2n) is 6.17. The lowest BCUT2D eigenvalue weighted by molar-refractivity contribution is 0.206. The van der Waals surface area contributed by atoms with Crippen molar-refractivity contribution in [3.63, 3.8) is 0 Å². The van der Waals surface area contributed by atoms with E-state index in [0.717, 1.165) is 35.7 Å². The van der Waals surface area contributed by atoms with Crippen LogP contribution in [0.3, 0.4) is 0 Å². The van der Waals surface area contributed by atoms with Gasteiger partial charge in [-0.25, -0.2) is 0 Å². The number of hydrogen-bond donors (Lipinski definition) is 1. The number of halogens is 1. The molecule has 0 radical (unpaired) electrons. The fourth-order valence-corrected chi connectivity index (χ4v) is 3.36. The van der Waals surface area contributed by atoms with Gasteiger partial charge in [0.15, 0.2) is 0 Å². The maximum atomic E-state index is 6.19. The molecule has 3 heteroatoms. The minimum atomic E-state index is 0.333. The Bertz CT molecular complexity index is 429. The molecule has 0 aromatic heterocycles. The zero-order chi connectivity index (χ0) is 15.1. The fraction of sp³-hybridized carbons (Fsp3) is 0.667. The zero-order valence-corrected chi connectivity index (χ0v) is 14.9. The van der Waals surface area contributed by atoms with Crippen molar-refractivity contribution in [3.05, 3.63) is 28.2 Å². The van der Waals surface area contributed by atoms with Crippen molar-refractivity contribution in [2.24, 2.45) is 5.92 Å². The molecule has 1 aliphatic rings. The fourth-order valence-electron chi connectivity index (χ4n) is 3.02. The number of rotatable bonds is 7. The van der Waals surface area contributed by atoms with Crippen molar-refractivity contribution in [3.8, 4) is 5.75 Å². The first kappa shape index (κ1) is 16.8. The van der Waals surface area contributed by atoms with Crippen LogP contribution in [0, 0.1) is 5.92 Å². The van der Waals surface area contributed by atoms with Gasteiger partial charge in [0.2, 0.25) is 0 Å². The zero-order valence-electron chi connectivity index (χ0n) is 13.3. The van der Waals surface area contributed by atoms with Crippen LogP contribution in [0.5, 0.6) is 5.75 Å². The number of hydrogen-bond acceptors (Lipinski definition) is 2. The van der Waals surface area contributed by atoms with Crippen molar-refractivity contribution in [1.82, 2.24) is 5.32 Å². The molecule has 1 aliphatic carbocycles. The third-order valence-corrected chi connectivity index (χ3v) is 4.84. The van der Waals surface area contributed by atoms with Gasteiger partial charge in [-0.3, -0.25) is 0 Å².